The number of hydrogen-bond donors (Lipinski definition) is 0. The first kappa shape index (κ1) is 12.6. The van der Waals surface area contributed by atoms with E-state index >= 15 is 0 Å². The molecule has 0 saturated carbocycles. The van der Waals surface area contributed by atoms with Crippen LogP contribution in [-0.4, -0.2) is 4.98 Å². The van der Waals surface area contributed by atoms with Crippen LogP contribution >= 0.6 is 75.1 Å². The fourth-order valence-corrected chi connectivity index (χ4v) is 2.84. The van der Waals surface area contributed by atoms with Gasteiger partial charge in [-0.3, -0.25) is 0 Å². The maximum absolute atomic E-state index is 4.32. The highest BCUT2D eigenvalue weighted by atomic mass is 79.9. The predicted molar refractivity (Wildman–Crippen MR) is 72.5 cm³/mol. The Morgan fingerprint density at radius 2 is 1.69 bits per heavy atom. The van der Waals surface area contributed by atoms with Gasteiger partial charge < -0.3 is 0 Å². The molecule has 0 unspecified atom stereocenters. The van der Waals surface area contributed by atoms with Crippen LogP contribution in [-0.2, 0) is 6.47 Å². The van der Waals surface area contributed by atoms with E-state index in [0.717, 1.165) is 9.88 Å². The minimum absolute atomic E-state index is 0.179. The molecule has 0 N–H and O–H groups in total. The summed E-state index contributed by atoms with van der Waals surface area (Å²) in [7, 11) is 0. The monoisotopic (exact) mass is 453 g/mol. The number of aromatic nitrogens is 1. The topological polar surface area (TPSA) is 12.9 Å². The fraction of sp³-hybridized carbons (Fsp3) is 0.571. The van der Waals surface area contributed by atoms with Crippen molar-refractivity contribution in [3.05, 3.63) is 16.1 Å². The quantitative estimate of drug-likeness (QED) is 0.566. The van der Waals surface area contributed by atoms with Gasteiger partial charge in [0.1, 0.15) is 11.5 Å². The third kappa shape index (κ3) is 3.55. The lowest BCUT2D eigenvalue weighted by atomic mass is 10.4. The lowest BCUT2D eigenvalue weighted by Crippen LogP contribution is -2.00. The van der Waals surface area contributed by atoms with Crippen molar-refractivity contribution in [2.24, 2.45) is 0 Å². The van der Waals surface area contributed by atoms with Crippen LogP contribution in [0.1, 0.15) is 23.7 Å². The van der Waals surface area contributed by atoms with Crippen LogP contribution < -0.4 is 0 Å². The Labute approximate surface area is 115 Å². The molecule has 1 heterocycles. The lowest BCUT2D eigenvalue weighted by Gasteiger charge is -2.11. The van der Waals surface area contributed by atoms with E-state index < -0.39 is 0 Å². The van der Waals surface area contributed by atoms with Crippen molar-refractivity contribution in [1.29, 1.82) is 0 Å². The molecule has 0 spiro atoms. The Balaban J connectivity index is 3.01. The molecule has 1 nitrogen and oxygen atoms in total. The van der Waals surface area contributed by atoms with Gasteiger partial charge in [0, 0.05) is 6.20 Å². The van der Waals surface area contributed by atoms with E-state index in [0.29, 0.717) is 0 Å². The lowest BCUT2D eigenvalue weighted by molar-refractivity contribution is 1.02. The van der Waals surface area contributed by atoms with E-state index in [9.17, 15) is 0 Å². The number of hydrogen-bond acceptors (Lipinski definition) is 2. The molecule has 0 saturated heterocycles. The third-order valence-electron chi connectivity index (χ3n) is 1.31. The zero-order valence-corrected chi connectivity index (χ0v) is 14.1. The van der Waals surface area contributed by atoms with Crippen LogP contribution in [0, 0.1) is 0 Å². The highest BCUT2D eigenvalue weighted by molar-refractivity contribution is 9.25. The van der Waals surface area contributed by atoms with Gasteiger partial charge >= 0.3 is 0 Å². The molecule has 0 fully saturated rings. The Morgan fingerprint density at radius 3 is 1.92 bits per heavy atom. The number of alkyl halides is 4. The molecule has 0 aromatic carbocycles. The number of rotatable bonds is 2. The first-order chi connectivity index (χ1) is 5.71. The Morgan fingerprint density at radius 1 is 1.15 bits per heavy atom. The van der Waals surface area contributed by atoms with Gasteiger partial charge in [0.2, 0.25) is 0 Å². The van der Waals surface area contributed by atoms with E-state index in [1.165, 1.54) is 0 Å². The van der Waals surface area contributed by atoms with Crippen molar-refractivity contribution in [3.8, 4) is 0 Å². The molecule has 0 aliphatic rings. The summed E-state index contributed by atoms with van der Waals surface area (Å²) in [4.78, 5) is 5.46. The molecular formula is C7H7Br4NS. The van der Waals surface area contributed by atoms with Gasteiger partial charge in [-0.15, -0.1) is 11.3 Å². The summed E-state index contributed by atoms with van der Waals surface area (Å²) >= 11 is 15.7. The summed E-state index contributed by atoms with van der Waals surface area (Å²) in [6.07, 6.45) is 1.87. The van der Waals surface area contributed by atoms with E-state index in [-0.39, 0.29) is 6.47 Å². The summed E-state index contributed by atoms with van der Waals surface area (Å²) in [5.74, 6) is 0. The molecule has 0 atom stereocenters. The molecular weight excluding hydrogens is 450 g/mol. The minimum Gasteiger partial charge on any atom is -0.247 e. The molecule has 1 rings (SSSR count). The summed E-state index contributed by atoms with van der Waals surface area (Å²) in [5, 5.41) is 1.01. The van der Waals surface area contributed by atoms with Crippen molar-refractivity contribution in [3.63, 3.8) is 0 Å². The van der Waals surface area contributed by atoms with Gasteiger partial charge in [0.15, 0.2) is 0 Å². The van der Waals surface area contributed by atoms with Crippen LogP contribution in [0.5, 0.6) is 0 Å². The third-order valence-corrected chi connectivity index (χ3v) is 5.41. The van der Waals surface area contributed by atoms with Crippen LogP contribution in [0.3, 0.4) is 0 Å². The first-order valence-electron chi connectivity index (χ1n) is 3.43. The van der Waals surface area contributed by atoms with Gasteiger partial charge in [-0.05, 0) is 13.8 Å². The standard InChI is InChI=1S/C7H7Br4NS/c1-6(8,9)4-3-12-5(13-4)7(2,10)11/h3H,1-2H3. The molecule has 1 aromatic rings. The number of nitrogens with zero attached hydrogens (tertiary/aromatic N) is 1. The molecule has 0 aliphatic heterocycles. The number of thiazole rings is 1. The van der Waals surface area contributed by atoms with Crippen molar-refractivity contribution < 1.29 is 0 Å². The highest BCUT2D eigenvalue weighted by Gasteiger charge is 2.27. The Hall–Kier alpha value is 1.55. The minimum atomic E-state index is -0.228. The van der Waals surface area contributed by atoms with E-state index in [1.807, 2.05) is 20.0 Å². The second-order valence-electron chi connectivity index (χ2n) is 2.81. The normalized spacial score (nSPS) is 13.4. The van der Waals surface area contributed by atoms with Crippen molar-refractivity contribution in [2.75, 3.05) is 0 Å². The second kappa shape index (κ2) is 4.20. The van der Waals surface area contributed by atoms with Crippen LogP contribution in [0.4, 0.5) is 0 Å². The van der Waals surface area contributed by atoms with E-state index in [1.54, 1.807) is 11.3 Å². The number of halogens is 4. The zero-order chi connectivity index (χ0) is 10.3. The summed E-state index contributed by atoms with van der Waals surface area (Å²) < 4.78 is -0.407. The average molecular weight is 457 g/mol. The second-order valence-corrected chi connectivity index (χ2v) is 12.3. The van der Waals surface area contributed by atoms with Crippen LogP contribution in [0.2, 0.25) is 0 Å². The average Bonchev–Trinajstić information content (AvgIpc) is 2.28. The van der Waals surface area contributed by atoms with Crippen molar-refractivity contribution >= 4 is 75.1 Å². The Bertz CT molecular complexity index is 268. The molecule has 0 bridgehead atoms. The predicted octanol–water partition coefficient (Wildman–Crippen LogP) is 5.07. The fourth-order valence-electron chi connectivity index (χ4n) is 0.680. The van der Waals surface area contributed by atoms with Crippen molar-refractivity contribution in [2.45, 2.75) is 20.3 Å². The SMILES string of the molecule is CC(Br)(Br)c1cnc(C(C)(Br)Br)s1. The van der Waals surface area contributed by atoms with Gasteiger partial charge in [-0.2, -0.15) is 0 Å². The maximum atomic E-state index is 4.32. The molecule has 13 heavy (non-hydrogen) atoms. The highest BCUT2D eigenvalue weighted by Crippen LogP contribution is 2.45. The van der Waals surface area contributed by atoms with Gasteiger partial charge in [-0.1, -0.05) is 63.7 Å². The molecule has 74 valence electrons. The molecule has 0 radical (unpaired) electrons. The first-order valence-corrected chi connectivity index (χ1v) is 7.42. The Kier molecular flexibility index (Phi) is 4.07. The molecule has 1 aromatic heterocycles. The molecule has 0 aliphatic carbocycles. The summed E-state index contributed by atoms with van der Waals surface area (Å²) in [5.41, 5.74) is 0. The summed E-state index contributed by atoms with van der Waals surface area (Å²) in [6, 6.07) is 0. The largest absolute Gasteiger partial charge is 0.247 e. The van der Waals surface area contributed by atoms with Gasteiger partial charge in [0.25, 0.3) is 0 Å². The van der Waals surface area contributed by atoms with Crippen LogP contribution in [0.15, 0.2) is 6.20 Å². The summed E-state index contributed by atoms with van der Waals surface area (Å²) in [6.45, 7) is 4.04. The smallest absolute Gasteiger partial charge is 0.129 e. The van der Waals surface area contributed by atoms with E-state index in [2.05, 4.69) is 68.7 Å². The van der Waals surface area contributed by atoms with Gasteiger partial charge in [0.05, 0.1) is 4.88 Å². The molecule has 6 heteroatoms. The van der Waals surface area contributed by atoms with Gasteiger partial charge in [-0.25, -0.2) is 4.98 Å². The maximum Gasteiger partial charge on any atom is 0.129 e. The molecule has 0 amide bonds. The van der Waals surface area contributed by atoms with Crippen LogP contribution in [0.25, 0.3) is 0 Å². The zero-order valence-electron chi connectivity index (χ0n) is 6.94. The van der Waals surface area contributed by atoms with E-state index in [4.69, 9.17) is 0 Å². The van der Waals surface area contributed by atoms with Crippen molar-refractivity contribution in [1.82, 2.24) is 4.98 Å².